The Labute approximate surface area is 285 Å². The molecule has 0 atom stereocenters. The van der Waals surface area contributed by atoms with E-state index in [9.17, 15) is 10.2 Å². The van der Waals surface area contributed by atoms with Gasteiger partial charge in [0.15, 0.2) is 0 Å². The van der Waals surface area contributed by atoms with Crippen LogP contribution in [0.25, 0.3) is 109 Å². The number of hydrogen-bond donors (Lipinski definition) is 4. The fraction of sp³-hybridized carbons (Fsp3) is 0. The Morgan fingerprint density at radius 1 is 0.320 bits per heavy atom. The Morgan fingerprint density at radius 3 is 1.02 bits per heavy atom. The molecule has 4 heteroatoms. The van der Waals surface area contributed by atoms with Gasteiger partial charge in [0.25, 0.3) is 0 Å². The summed E-state index contributed by atoms with van der Waals surface area (Å²) in [7, 11) is 0. The van der Waals surface area contributed by atoms with Gasteiger partial charge >= 0.3 is 0 Å². The second-order valence-corrected chi connectivity index (χ2v) is 13.3. The van der Waals surface area contributed by atoms with E-state index in [1.165, 1.54) is 0 Å². The summed E-state index contributed by atoms with van der Waals surface area (Å²) >= 11 is 0. The van der Waals surface area contributed by atoms with Gasteiger partial charge in [-0.25, -0.2) is 0 Å². The zero-order valence-corrected chi connectivity index (χ0v) is 26.8. The lowest BCUT2D eigenvalue weighted by molar-refractivity contribution is 0.475. The van der Waals surface area contributed by atoms with Crippen LogP contribution in [0.5, 0.6) is 11.5 Å². The highest BCUT2D eigenvalue weighted by molar-refractivity contribution is 6.37. The summed E-state index contributed by atoms with van der Waals surface area (Å²) in [6.07, 6.45) is 0. The van der Waals surface area contributed by atoms with Crippen molar-refractivity contribution in [3.8, 4) is 33.8 Å². The fourth-order valence-electron chi connectivity index (χ4n) is 8.57. The van der Waals surface area contributed by atoms with Crippen LogP contribution >= 0.6 is 0 Å². The highest BCUT2D eigenvalue weighted by Gasteiger charge is 2.27. The van der Waals surface area contributed by atoms with Crippen molar-refractivity contribution in [2.75, 3.05) is 0 Å². The molecule has 2 heterocycles. The van der Waals surface area contributed by atoms with Gasteiger partial charge < -0.3 is 20.2 Å². The van der Waals surface area contributed by atoms with Crippen molar-refractivity contribution in [3.05, 3.63) is 146 Å². The maximum atomic E-state index is 11.0. The summed E-state index contributed by atoms with van der Waals surface area (Å²) in [6.45, 7) is 0. The van der Waals surface area contributed by atoms with Crippen LogP contribution < -0.4 is 0 Å². The SMILES string of the molecule is Oc1ccc2[nH]c3c(-c4c5ccccc5cc5ccccc45)c4c([nH]c5ccc(O)cc54)c(-c4c5ccccc5cc5ccccc45)c3c2c1. The number of phenolic OH excluding ortho intramolecular Hbond substituents is 2. The van der Waals surface area contributed by atoms with Crippen LogP contribution in [0.4, 0.5) is 0 Å². The molecular formula is C46H28N2O2. The molecule has 0 aliphatic carbocycles. The largest absolute Gasteiger partial charge is 0.508 e. The van der Waals surface area contributed by atoms with Crippen LogP contribution in [-0.2, 0) is 0 Å². The van der Waals surface area contributed by atoms with Gasteiger partial charge in [-0.15, -0.1) is 0 Å². The second-order valence-electron chi connectivity index (χ2n) is 13.3. The number of aromatic nitrogens is 2. The number of nitrogens with one attached hydrogen (secondary N) is 2. The van der Waals surface area contributed by atoms with Crippen molar-refractivity contribution in [2.24, 2.45) is 0 Å². The fourth-order valence-corrected chi connectivity index (χ4v) is 8.57. The number of hydrogen-bond acceptors (Lipinski definition) is 2. The third kappa shape index (κ3) is 3.65. The average Bonchev–Trinajstić information content (AvgIpc) is 3.70. The molecule has 50 heavy (non-hydrogen) atoms. The summed E-state index contributed by atoms with van der Waals surface area (Å²) in [6, 6.07) is 50.1. The van der Waals surface area contributed by atoms with Gasteiger partial charge in [0.2, 0.25) is 0 Å². The highest BCUT2D eigenvalue weighted by Crippen LogP contribution is 2.53. The Kier molecular flexibility index (Phi) is 5.37. The van der Waals surface area contributed by atoms with Crippen molar-refractivity contribution < 1.29 is 10.2 Å². The molecular weight excluding hydrogens is 613 g/mol. The molecule has 0 amide bonds. The van der Waals surface area contributed by atoms with Gasteiger partial charge in [-0.05, 0) is 91.6 Å². The van der Waals surface area contributed by atoms with Crippen molar-refractivity contribution in [2.45, 2.75) is 0 Å². The van der Waals surface area contributed by atoms with Crippen LogP contribution in [0.15, 0.2) is 146 Å². The Balaban J connectivity index is 1.50. The molecule has 0 spiro atoms. The zero-order valence-electron chi connectivity index (χ0n) is 26.8. The third-order valence-electron chi connectivity index (χ3n) is 10.6. The molecule has 4 nitrogen and oxygen atoms in total. The van der Waals surface area contributed by atoms with Gasteiger partial charge in [-0.2, -0.15) is 0 Å². The minimum absolute atomic E-state index is 0.214. The van der Waals surface area contributed by atoms with Gasteiger partial charge in [0.1, 0.15) is 11.5 Å². The predicted octanol–water partition coefficient (Wildman–Crippen LogP) is 12.3. The van der Waals surface area contributed by atoms with Gasteiger partial charge in [0, 0.05) is 54.8 Å². The first kappa shape index (κ1) is 27.2. The molecule has 0 saturated heterocycles. The van der Waals surface area contributed by atoms with Crippen molar-refractivity contribution in [3.63, 3.8) is 0 Å². The van der Waals surface area contributed by atoms with E-state index in [1.54, 1.807) is 12.1 Å². The second kappa shape index (κ2) is 9.88. The topological polar surface area (TPSA) is 72.0 Å². The first-order valence-corrected chi connectivity index (χ1v) is 16.9. The van der Waals surface area contributed by atoms with E-state index in [4.69, 9.17) is 0 Å². The van der Waals surface area contributed by atoms with Crippen LogP contribution in [0, 0.1) is 0 Å². The Hall–Kier alpha value is -6.78. The summed E-state index contributed by atoms with van der Waals surface area (Å²) in [5, 5.41) is 35.2. The lowest BCUT2D eigenvalue weighted by atomic mass is 9.84. The monoisotopic (exact) mass is 640 g/mol. The molecule has 11 aromatic rings. The van der Waals surface area contributed by atoms with E-state index >= 15 is 0 Å². The van der Waals surface area contributed by atoms with E-state index in [0.29, 0.717) is 0 Å². The minimum atomic E-state index is 0.214. The maximum absolute atomic E-state index is 11.0. The molecule has 0 saturated carbocycles. The molecule has 234 valence electrons. The highest BCUT2D eigenvalue weighted by atomic mass is 16.3. The minimum Gasteiger partial charge on any atom is -0.508 e. The number of fused-ring (bicyclic) bond motifs is 10. The molecule has 2 aromatic heterocycles. The lowest BCUT2D eigenvalue weighted by Gasteiger charge is -2.19. The van der Waals surface area contributed by atoms with E-state index in [0.717, 1.165) is 109 Å². The van der Waals surface area contributed by atoms with E-state index in [-0.39, 0.29) is 11.5 Å². The lowest BCUT2D eigenvalue weighted by Crippen LogP contribution is -1.93. The number of aromatic amines is 2. The normalized spacial score (nSPS) is 12.2. The van der Waals surface area contributed by atoms with E-state index < -0.39 is 0 Å². The van der Waals surface area contributed by atoms with Gasteiger partial charge in [-0.1, -0.05) is 97.1 Å². The zero-order chi connectivity index (χ0) is 33.1. The van der Waals surface area contributed by atoms with Crippen LogP contribution in [0.2, 0.25) is 0 Å². The van der Waals surface area contributed by atoms with Crippen molar-refractivity contribution >= 4 is 86.7 Å². The van der Waals surface area contributed by atoms with Crippen LogP contribution in [0.3, 0.4) is 0 Å². The summed E-state index contributed by atoms with van der Waals surface area (Å²) < 4.78 is 0. The quantitative estimate of drug-likeness (QED) is 0.142. The molecule has 0 unspecified atom stereocenters. The average molecular weight is 641 g/mol. The maximum Gasteiger partial charge on any atom is 0.116 e. The molecule has 4 N–H and O–H groups in total. The van der Waals surface area contributed by atoms with Crippen molar-refractivity contribution in [1.82, 2.24) is 9.97 Å². The number of benzene rings is 9. The van der Waals surface area contributed by atoms with Gasteiger partial charge in [-0.3, -0.25) is 0 Å². The first-order chi connectivity index (χ1) is 24.6. The van der Waals surface area contributed by atoms with Crippen molar-refractivity contribution in [1.29, 1.82) is 0 Å². The molecule has 0 radical (unpaired) electrons. The summed E-state index contributed by atoms with van der Waals surface area (Å²) in [4.78, 5) is 7.76. The number of phenols is 2. The van der Waals surface area contributed by atoms with E-state index in [1.807, 2.05) is 24.3 Å². The van der Waals surface area contributed by atoms with Crippen LogP contribution in [-0.4, -0.2) is 20.2 Å². The first-order valence-electron chi connectivity index (χ1n) is 16.9. The smallest absolute Gasteiger partial charge is 0.116 e. The molecule has 11 rings (SSSR count). The molecule has 0 bridgehead atoms. The Bertz CT molecular complexity index is 2910. The number of aromatic hydroxyl groups is 2. The molecule has 0 aliphatic heterocycles. The molecule has 0 aliphatic rings. The molecule has 9 aromatic carbocycles. The predicted molar refractivity (Wildman–Crippen MR) is 209 cm³/mol. The van der Waals surface area contributed by atoms with E-state index in [2.05, 4.69) is 119 Å². The summed E-state index contributed by atoms with van der Waals surface area (Å²) in [5.41, 5.74) is 8.22. The van der Waals surface area contributed by atoms with Crippen LogP contribution in [0.1, 0.15) is 0 Å². The molecule has 0 fully saturated rings. The summed E-state index contributed by atoms with van der Waals surface area (Å²) in [5.74, 6) is 0.428. The Morgan fingerprint density at radius 2 is 0.660 bits per heavy atom. The van der Waals surface area contributed by atoms with Gasteiger partial charge in [0.05, 0.1) is 11.0 Å². The third-order valence-corrected chi connectivity index (χ3v) is 10.6. The standard InChI is InChI=1S/C46H28N2O2/c49-29-17-19-37-35(23-29)41-43(39-31-13-5-1-9-25(31)21-26-10-2-6-14-32(26)39)45-42(36-24-30(50)18-20-38(36)47-45)44(46(41)48-37)40-33-15-7-3-11-27(33)22-28-12-4-8-16-34(28)40/h1-24,47-50H. The number of rotatable bonds is 2. The number of H-pyrrole nitrogens is 2.